The van der Waals surface area contributed by atoms with Crippen molar-refractivity contribution in [3.8, 4) is 0 Å². The van der Waals surface area contributed by atoms with Gasteiger partial charge < -0.3 is 15.0 Å². The molecule has 2 unspecified atom stereocenters. The monoisotopic (exact) mass is 238 g/mol. The van der Waals surface area contributed by atoms with Gasteiger partial charge in [0.25, 0.3) is 0 Å². The predicted molar refractivity (Wildman–Crippen MR) is 62.4 cm³/mol. The SMILES string of the molecule is C=CC1CC1(NC(=O)N1CCCC1)C(=O)OC. The summed E-state index contributed by atoms with van der Waals surface area (Å²) in [6.07, 6.45) is 4.34. The van der Waals surface area contributed by atoms with E-state index >= 15 is 0 Å². The average molecular weight is 238 g/mol. The largest absolute Gasteiger partial charge is 0.467 e. The first-order chi connectivity index (χ1) is 8.14. The van der Waals surface area contributed by atoms with E-state index in [0.717, 1.165) is 25.9 Å². The zero-order valence-corrected chi connectivity index (χ0v) is 10.1. The molecule has 0 aromatic carbocycles. The molecule has 0 aromatic rings. The molecule has 5 nitrogen and oxygen atoms in total. The minimum absolute atomic E-state index is 0.0125. The summed E-state index contributed by atoms with van der Waals surface area (Å²) in [5.74, 6) is -0.392. The van der Waals surface area contributed by atoms with Gasteiger partial charge in [-0.05, 0) is 19.3 Å². The van der Waals surface area contributed by atoms with Gasteiger partial charge in [0.1, 0.15) is 5.54 Å². The molecule has 2 rings (SSSR count). The van der Waals surface area contributed by atoms with E-state index in [0.29, 0.717) is 6.42 Å². The summed E-state index contributed by atoms with van der Waals surface area (Å²) >= 11 is 0. The number of methoxy groups -OCH3 is 1. The Morgan fingerprint density at radius 2 is 2.12 bits per heavy atom. The number of esters is 1. The van der Waals surface area contributed by atoms with Gasteiger partial charge in [-0.3, -0.25) is 0 Å². The van der Waals surface area contributed by atoms with Gasteiger partial charge in [0, 0.05) is 19.0 Å². The second-order valence-corrected chi connectivity index (χ2v) is 4.63. The molecule has 2 atom stereocenters. The Bertz CT molecular complexity index is 350. The molecule has 2 aliphatic rings. The molecule has 1 aliphatic heterocycles. The Morgan fingerprint density at radius 1 is 1.47 bits per heavy atom. The third kappa shape index (κ3) is 2.01. The van der Waals surface area contributed by atoms with Crippen LogP contribution in [0, 0.1) is 5.92 Å². The third-order valence-corrected chi connectivity index (χ3v) is 3.57. The molecule has 2 amide bonds. The molecule has 0 spiro atoms. The van der Waals surface area contributed by atoms with E-state index < -0.39 is 5.54 Å². The van der Waals surface area contributed by atoms with Gasteiger partial charge in [0.2, 0.25) is 0 Å². The van der Waals surface area contributed by atoms with Crippen molar-refractivity contribution >= 4 is 12.0 Å². The fourth-order valence-electron chi connectivity index (χ4n) is 2.37. The van der Waals surface area contributed by atoms with Crippen molar-refractivity contribution in [3.63, 3.8) is 0 Å². The molecular formula is C12H18N2O3. The van der Waals surface area contributed by atoms with Crippen molar-refractivity contribution in [2.24, 2.45) is 5.92 Å². The van der Waals surface area contributed by atoms with Crippen molar-refractivity contribution in [1.82, 2.24) is 10.2 Å². The Kier molecular flexibility index (Phi) is 3.09. The van der Waals surface area contributed by atoms with Crippen LogP contribution in [0.5, 0.6) is 0 Å². The molecule has 1 N–H and O–H groups in total. The number of carbonyl (C=O) groups is 2. The molecule has 17 heavy (non-hydrogen) atoms. The van der Waals surface area contributed by atoms with Gasteiger partial charge in [0.15, 0.2) is 0 Å². The van der Waals surface area contributed by atoms with Crippen molar-refractivity contribution in [2.45, 2.75) is 24.8 Å². The Morgan fingerprint density at radius 3 is 2.59 bits per heavy atom. The van der Waals surface area contributed by atoms with Crippen LogP contribution >= 0.6 is 0 Å². The second-order valence-electron chi connectivity index (χ2n) is 4.63. The molecule has 0 bridgehead atoms. The maximum absolute atomic E-state index is 12.0. The van der Waals surface area contributed by atoms with E-state index in [-0.39, 0.29) is 17.9 Å². The highest BCUT2D eigenvalue weighted by Gasteiger charge is 2.61. The summed E-state index contributed by atoms with van der Waals surface area (Å²) in [5, 5.41) is 2.80. The molecular weight excluding hydrogens is 220 g/mol. The third-order valence-electron chi connectivity index (χ3n) is 3.57. The number of nitrogens with one attached hydrogen (secondary N) is 1. The number of ether oxygens (including phenoxy) is 1. The smallest absolute Gasteiger partial charge is 0.332 e. The maximum atomic E-state index is 12.0. The van der Waals surface area contributed by atoms with Crippen LogP contribution in [0.4, 0.5) is 4.79 Å². The number of carbonyl (C=O) groups excluding carboxylic acids is 2. The van der Waals surface area contributed by atoms with E-state index in [9.17, 15) is 9.59 Å². The van der Waals surface area contributed by atoms with Gasteiger partial charge >= 0.3 is 12.0 Å². The number of nitrogens with zero attached hydrogens (tertiary/aromatic N) is 1. The summed E-state index contributed by atoms with van der Waals surface area (Å²) in [6.45, 7) is 5.20. The van der Waals surface area contributed by atoms with Gasteiger partial charge in [0.05, 0.1) is 7.11 Å². The van der Waals surface area contributed by atoms with Gasteiger partial charge in [-0.1, -0.05) is 6.08 Å². The zero-order valence-electron chi connectivity index (χ0n) is 10.1. The summed E-state index contributed by atoms with van der Waals surface area (Å²) in [4.78, 5) is 25.4. The van der Waals surface area contributed by atoms with E-state index in [2.05, 4.69) is 11.9 Å². The van der Waals surface area contributed by atoms with Crippen LogP contribution in [0.3, 0.4) is 0 Å². The summed E-state index contributed by atoms with van der Waals surface area (Å²) in [7, 11) is 1.34. The lowest BCUT2D eigenvalue weighted by atomic mass is 10.2. The quantitative estimate of drug-likeness (QED) is 0.587. The van der Waals surface area contributed by atoms with Crippen LogP contribution in [-0.2, 0) is 9.53 Å². The summed E-state index contributed by atoms with van der Waals surface area (Å²) in [6, 6.07) is -0.169. The number of likely N-dealkylation sites (tertiary alicyclic amines) is 1. The van der Waals surface area contributed by atoms with Crippen LogP contribution in [0.2, 0.25) is 0 Å². The van der Waals surface area contributed by atoms with E-state index in [4.69, 9.17) is 4.74 Å². The molecule has 94 valence electrons. The van der Waals surface area contributed by atoms with E-state index in [1.165, 1.54) is 7.11 Å². The highest BCUT2D eigenvalue weighted by atomic mass is 16.5. The van der Waals surface area contributed by atoms with Crippen molar-refractivity contribution < 1.29 is 14.3 Å². The number of urea groups is 1. The minimum atomic E-state index is -0.865. The average Bonchev–Trinajstić information content (AvgIpc) is 2.79. The van der Waals surface area contributed by atoms with Gasteiger partial charge in [-0.25, -0.2) is 9.59 Å². The Labute approximate surface area is 101 Å². The summed E-state index contributed by atoms with van der Waals surface area (Å²) in [5.41, 5.74) is -0.865. The van der Waals surface area contributed by atoms with Crippen molar-refractivity contribution in [1.29, 1.82) is 0 Å². The van der Waals surface area contributed by atoms with Crippen molar-refractivity contribution in [2.75, 3.05) is 20.2 Å². The van der Waals surface area contributed by atoms with Gasteiger partial charge in [-0.15, -0.1) is 6.58 Å². The minimum Gasteiger partial charge on any atom is -0.467 e. The van der Waals surface area contributed by atoms with Crippen molar-refractivity contribution in [3.05, 3.63) is 12.7 Å². The molecule has 1 saturated carbocycles. The van der Waals surface area contributed by atoms with Crippen LogP contribution < -0.4 is 5.32 Å². The van der Waals surface area contributed by atoms with Crippen LogP contribution in [0.15, 0.2) is 12.7 Å². The molecule has 0 radical (unpaired) electrons. The summed E-state index contributed by atoms with van der Waals surface area (Å²) < 4.78 is 4.75. The fourth-order valence-corrected chi connectivity index (χ4v) is 2.37. The predicted octanol–water partition coefficient (Wildman–Crippen LogP) is 0.909. The number of hydrogen-bond donors (Lipinski definition) is 1. The number of amides is 2. The van der Waals surface area contributed by atoms with E-state index in [1.54, 1.807) is 11.0 Å². The standard InChI is InChI=1S/C12H18N2O3/c1-3-9-8-12(9,10(15)17-2)13-11(16)14-6-4-5-7-14/h3,9H,1,4-8H2,2H3,(H,13,16). The first kappa shape index (κ1) is 12.0. The Hall–Kier alpha value is -1.52. The first-order valence-corrected chi connectivity index (χ1v) is 5.92. The fraction of sp³-hybridized carbons (Fsp3) is 0.667. The topological polar surface area (TPSA) is 58.6 Å². The van der Waals surface area contributed by atoms with Crippen LogP contribution in [0.25, 0.3) is 0 Å². The molecule has 1 saturated heterocycles. The molecule has 1 heterocycles. The zero-order chi connectivity index (χ0) is 12.5. The highest BCUT2D eigenvalue weighted by molar-refractivity contribution is 5.91. The number of hydrogen-bond acceptors (Lipinski definition) is 3. The molecule has 1 aliphatic carbocycles. The molecule has 0 aromatic heterocycles. The maximum Gasteiger partial charge on any atom is 0.332 e. The first-order valence-electron chi connectivity index (χ1n) is 5.92. The molecule has 2 fully saturated rings. The lowest BCUT2D eigenvalue weighted by Crippen LogP contribution is -2.50. The highest BCUT2D eigenvalue weighted by Crippen LogP contribution is 2.45. The van der Waals surface area contributed by atoms with E-state index in [1.807, 2.05) is 0 Å². The lowest BCUT2D eigenvalue weighted by molar-refractivity contribution is -0.144. The normalized spacial score (nSPS) is 30.9. The van der Waals surface area contributed by atoms with Gasteiger partial charge in [-0.2, -0.15) is 0 Å². The molecule has 5 heteroatoms. The van der Waals surface area contributed by atoms with Crippen LogP contribution in [-0.4, -0.2) is 42.6 Å². The Balaban J connectivity index is 2.01. The number of rotatable bonds is 3. The second kappa shape index (κ2) is 4.39. The van der Waals surface area contributed by atoms with Crippen LogP contribution in [0.1, 0.15) is 19.3 Å². The lowest BCUT2D eigenvalue weighted by Gasteiger charge is -2.21.